The number of carboxylic acid groups (broad SMARTS) is 1. The van der Waals surface area contributed by atoms with Crippen molar-refractivity contribution in [3.8, 4) is 11.1 Å². The van der Waals surface area contributed by atoms with E-state index in [1.54, 1.807) is 11.8 Å². The Hall–Kier alpha value is -3.35. The average Bonchev–Trinajstić information content (AvgIpc) is 3.12. The van der Waals surface area contributed by atoms with Crippen LogP contribution in [0.3, 0.4) is 0 Å². The van der Waals surface area contributed by atoms with Crippen molar-refractivity contribution in [1.82, 2.24) is 10.2 Å². The minimum absolute atomic E-state index is 0.0387. The number of benzene rings is 2. The molecule has 7 nitrogen and oxygen atoms in total. The second-order valence-electron chi connectivity index (χ2n) is 9.89. The van der Waals surface area contributed by atoms with E-state index >= 15 is 0 Å². The van der Waals surface area contributed by atoms with Gasteiger partial charge in [0, 0.05) is 25.4 Å². The Morgan fingerprint density at radius 1 is 1.06 bits per heavy atom. The Kier molecular flexibility index (Phi) is 7.43. The smallest absolute Gasteiger partial charge is 0.408 e. The molecule has 35 heavy (non-hydrogen) atoms. The molecule has 1 saturated heterocycles. The number of rotatable bonds is 10. The van der Waals surface area contributed by atoms with Crippen LogP contribution in [-0.4, -0.2) is 53.2 Å². The van der Waals surface area contributed by atoms with Gasteiger partial charge >= 0.3 is 12.1 Å². The van der Waals surface area contributed by atoms with Crippen molar-refractivity contribution < 1.29 is 24.2 Å². The molecule has 2 aromatic rings. The van der Waals surface area contributed by atoms with E-state index in [0.717, 1.165) is 24.0 Å². The van der Waals surface area contributed by atoms with Crippen LogP contribution in [0.5, 0.6) is 0 Å². The maximum absolute atomic E-state index is 13.2. The van der Waals surface area contributed by atoms with Gasteiger partial charge in [0.2, 0.25) is 5.91 Å². The quantitative estimate of drug-likeness (QED) is 0.512. The molecule has 0 aromatic heterocycles. The zero-order valence-electron chi connectivity index (χ0n) is 20.5. The number of amides is 2. The molecule has 0 bridgehead atoms. The van der Waals surface area contributed by atoms with Gasteiger partial charge in [-0.05, 0) is 54.4 Å². The zero-order valence-corrected chi connectivity index (χ0v) is 20.5. The summed E-state index contributed by atoms with van der Waals surface area (Å²) < 4.78 is 5.68. The van der Waals surface area contributed by atoms with Gasteiger partial charge in [0.1, 0.15) is 12.1 Å². The largest absolute Gasteiger partial charge is 0.481 e. The summed E-state index contributed by atoms with van der Waals surface area (Å²) in [7, 11) is 0. The number of ether oxygens (including phenoxy) is 1. The van der Waals surface area contributed by atoms with E-state index in [1.807, 2.05) is 31.2 Å². The van der Waals surface area contributed by atoms with Crippen molar-refractivity contribution in [2.24, 2.45) is 5.92 Å². The molecule has 0 radical (unpaired) electrons. The van der Waals surface area contributed by atoms with Crippen LogP contribution in [0.2, 0.25) is 0 Å². The molecule has 2 amide bonds. The normalized spacial score (nSPS) is 16.6. The molecule has 1 aliphatic heterocycles. The third-order valence-electron chi connectivity index (χ3n) is 7.19. The second-order valence-corrected chi connectivity index (χ2v) is 9.89. The first kappa shape index (κ1) is 24.8. The number of hydrogen-bond acceptors (Lipinski definition) is 4. The predicted octanol–water partition coefficient (Wildman–Crippen LogP) is 4.80. The highest BCUT2D eigenvalue weighted by Crippen LogP contribution is 2.44. The summed E-state index contributed by atoms with van der Waals surface area (Å²) in [6, 6.07) is 16.3. The molecular weight excluding hydrogens is 444 g/mol. The second kappa shape index (κ2) is 10.5. The van der Waals surface area contributed by atoms with Gasteiger partial charge in [-0.15, -0.1) is 0 Å². The number of fused-ring (bicyclic) bond motifs is 3. The molecule has 2 N–H and O–H groups in total. The summed E-state index contributed by atoms with van der Waals surface area (Å²) in [5.74, 6) is -0.621. The lowest BCUT2D eigenvalue weighted by atomic mass is 9.88. The van der Waals surface area contributed by atoms with Gasteiger partial charge in [-0.2, -0.15) is 0 Å². The van der Waals surface area contributed by atoms with Gasteiger partial charge in [0.05, 0.1) is 0 Å². The van der Waals surface area contributed by atoms with Crippen LogP contribution in [0.4, 0.5) is 4.79 Å². The summed E-state index contributed by atoms with van der Waals surface area (Å²) in [6.07, 6.45) is 2.22. The predicted molar refractivity (Wildman–Crippen MR) is 133 cm³/mol. The number of hydrogen-bond donors (Lipinski definition) is 2. The number of carbonyl (C=O) groups excluding carboxylic acids is 2. The molecule has 2 aliphatic rings. The Morgan fingerprint density at radius 2 is 1.66 bits per heavy atom. The fourth-order valence-electron chi connectivity index (χ4n) is 5.39. The van der Waals surface area contributed by atoms with Crippen LogP contribution in [0.1, 0.15) is 63.0 Å². The average molecular weight is 479 g/mol. The highest BCUT2D eigenvalue weighted by atomic mass is 16.5. The lowest BCUT2D eigenvalue weighted by Crippen LogP contribution is -2.63. The maximum atomic E-state index is 13.2. The summed E-state index contributed by atoms with van der Waals surface area (Å²) in [5, 5.41) is 11.7. The van der Waals surface area contributed by atoms with Crippen molar-refractivity contribution in [2.75, 3.05) is 19.7 Å². The topological polar surface area (TPSA) is 95.9 Å². The first-order valence-corrected chi connectivity index (χ1v) is 12.5. The minimum Gasteiger partial charge on any atom is -0.481 e. The molecule has 1 aliphatic carbocycles. The van der Waals surface area contributed by atoms with Crippen LogP contribution in [-0.2, 0) is 14.3 Å². The number of likely N-dealkylation sites (tertiary alicyclic amines) is 1. The van der Waals surface area contributed by atoms with E-state index in [4.69, 9.17) is 9.84 Å². The first-order valence-electron chi connectivity index (χ1n) is 12.5. The standard InChI is InChI=1S/C28H34N2O5/c1-3-15-28(2,26(33)30-16-19(17-30)9-8-14-25(31)32)29-27(34)35-18-24-22-12-6-4-10-20(22)21-11-5-7-13-23(21)24/h4-7,10-13,19,24H,3,8-9,14-18H2,1-2H3,(H,29,34)(H,31,32). The van der Waals surface area contributed by atoms with Crippen LogP contribution in [0, 0.1) is 5.92 Å². The van der Waals surface area contributed by atoms with Crippen molar-refractivity contribution in [3.63, 3.8) is 0 Å². The monoisotopic (exact) mass is 478 g/mol. The third-order valence-corrected chi connectivity index (χ3v) is 7.19. The summed E-state index contributed by atoms with van der Waals surface area (Å²) >= 11 is 0. The van der Waals surface area contributed by atoms with Crippen molar-refractivity contribution in [1.29, 1.82) is 0 Å². The molecule has 0 saturated carbocycles. The van der Waals surface area contributed by atoms with Gasteiger partial charge in [-0.1, -0.05) is 61.9 Å². The number of carboxylic acids is 1. The van der Waals surface area contributed by atoms with Crippen molar-refractivity contribution in [3.05, 3.63) is 59.7 Å². The van der Waals surface area contributed by atoms with Gasteiger partial charge < -0.3 is 20.1 Å². The summed E-state index contributed by atoms with van der Waals surface area (Å²) in [4.78, 5) is 38.6. The summed E-state index contributed by atoms with van der Waals surface area (Å²) in [6.45, 7) is 5.15. The zero-order chi connectivity index (χ0) is 25.0. The fraction of sp³-hybridized carbons (Fsp3) is 0.464. The van der Waals surface area contributed by atoms with Gasteiger partial charge in [-0.25, -0.2) is 4.79 Å². The number of alkyl carbamates (subject to hydrolysis) is 1. The lowest BCUT2D eigenvalue weighted by Gasteiger charge is -2.44. The minimum atomic E-state index is -1.04. The van der Waals surface area contributed by atoms with E-state index < -0.39 is 17.6 Å². The molecule has 7 heteroatoms. The molecule has 4 rings (SSSR count). The van der Waals surface area contributed by atoms with E-state index in [0.29, 0.717) is 31.8 Å². The van der Waals surface area contributed by atoms with Crippen LogP contribution < -0.4 is 5.32 Å². The number of aliphatic carboxylic acids is 1. The van der Waals surface area contributed by atoms with Gasteiger partial charge in [0.25, 0.3) is 0 Å². The van der Waals surface area contributed by atoms with Crippen molar-refractivity contribution >= 4 is 18.0 Å². The highest BCUT2D eigenvalue weighted by Gasteiger charge is 2.42. The molecule has 2 aromatic carbocycles. The molecule has 1 unspecified atom stereocenters. The van der Waals surface area contributed by atoms with E-state index in [1.165, 1.54) is 11.1 Å². The van der Waals surface area contributed by atoms with E-state index in [9.17, 15) is 14.4 Å². The maximum Gasteiger partial charge on any atom is 0.408 e. The number of carbonyl (C=O) groups is 3. The molecule has 1 fully saturated rings. The SMILES string of the molecule is CCCC(C)(NC(=O)OCC1c2ccccc2-c2ccccc21)C(=O)N1CC(CCCC(=O)O)C1. The van der Waals surface area contributed by atoms with Crippen LogP contribution >= 0.6 is 0 Å². The van der Waals surface area contributed by atoms with E-state index in [-0.39, 0.29) is 24.9 Å². The Labute approximate surface area is 206 Å². The van der Waals surface area contributed by atoms with Gasteiger partial charge in [-0.3, -0.25) is 9.59 Å². The summed E-state index contributed by atoms with van der Waals surface area (Å²) in [5.41, 5.74) is 3.58. The van der Waals surface area contributed by atoms with Crippen LogP contribution in [0.25, 0.3) is 11.1 Å². The van der Waals surface area contributed by atoms with Crippen molar-refractivity contribution in [2.45, 2.75) is 57.4 Å². The number of nitrogens with one attached hydrogen (secondary N) is 1. The molecule has 1 heterocycles. The fourth-order valence-corrected chi connectivity index (χ4v) is 5.39. The highest BCUT2D eigenvalue weighted by molar-refractivity contribution is 5.90. The van der Waals surface area contributed by atoms with Crippen LogP contribution in [0.15, 0.2) is 48.5 Å². The molecule has 1 atom stereocenters. The lowest BCUT2D eigenvalue weighted by molar-refractivity contribution is -0.145. The first-order chi connectivity index (χ1) is 16.8. The molecular formula is C28H34N2O5. The van der Waals surface area contributed by atoms with Gasteiger partial charge in [0.15, 0.2) is 0 Å². The Morgan fingerprint density at radius 3 is 2.23 bits per heavy atom. The Bertz CT molecular complexity index is 1050. The third kappa shape index (κ3) is 5.34. The van der Waals surface area contributed by atoms with E-state index in [2.05, 4.69) is 29.6 Å². The molecule has 0 spiro atoms. The Balaban J connectivity index is 1.35. The number of nitrogens with zero attached hydrogens (tertiary/aromatic N) is 1. The molecule has 186 valence electrons.